The second kappa shape index (κ2) is 13.3. The maximum absolute atomic E-state index is 14.5. The lowest BCUT2D eigenvalue weighted by atomic mass is 9.86. The van der Waals surface area contributed by atoms with Gasteiger partial charge in [0, 0.05) is 37.0 Å². The molecule has 4 rings (SSSR count). The zero-order valence-electron chi connectivity index (χ0n) is 22.2. The minimum atomic E-state index is -0.976. The molecule has 2 aromatic carbocycles. The Bertz CT molecular complexity index is 1200. The van der Waals surface area contributed by atoms with E-state index >= 15 is 0 Å². The van der Waals surface area contributed by atoms with Crippen LogP contribution in [0.25, 0.3) is 11.1 Å². The summed E-state index contributed by atoms with van der Waals surface area (Å²) in [6.45, 7) is 10.2. The molecule has 1 aliphatic heterocycles. The Labute approximate surface area is 220 Å². The number of aliphatic hydroxyl groups is 2. The van der Waals surface area contributed by atoms with Crippen molar-refractivity contribution < 1.29 is 19.3 Å². The molecule has 0 amide bonds. The number of rotatable bonds is 6. The molecule has 196 valence electrons. The smallest absolute Gasteiger partial charge is 0.158 e. The van der Waals surface area contributed by atoms with Gasteiger partial charge in [-0.05, 0) is 61.6 Å². The highest BCUT2D eigenvalue weighted by Gasteiger charge is 2.38. The molecule has 1 aromatic heterocycles. The summed E-state index contributed by atoms with van der Waals surface area (Å²) in [5, 5.41) is 20.5. The number of nitrogens with zero attached hydrogens (tertiary/aromatic N) is 2. The minimum Gasteiger partial charge on any atom is -0.492 e. The summed E-state index contributed by atoms with van der Waals surface area (Å²) in [6.07, 6.45) is 2.01. The van der Waals surface area contributed by atoms with E-state index in [9.17, 15) is 14.6 Å². The highest BCUT2D eigenvalue weighted by molar-refractivity contribution is 5.63. The normalized spacial score (nSPS) is 19.3. The molecule has 2 N–H and O–H groups in total. The molecule has 0 unspecified atom stereocenters. The number of ether oxygens (including phenoxy) is 1. The zero-order valence-corrected chi connectivity index (χ0v) is 22.2. The molecule has 37 heavy (non-hydrogen) atoms. The van der Waals surface area contributed by atoms with Crippen LogP contribution in [0, 0.1) is 24.6 Å². The summed E-state index contributed by atoms with van der Waals surface area (Å²) in [7, 11) is 0. The summed E-state index contributed by atoms with van der Waals surface area (Å²) in [5.74, 6) is 6.03. The van der Waals surface area contributed by atoms with Gasteiger partial charge in [0.1, 0.15) is 18.1 Å². The van der Waals surface area contributed by atoms with E-state index in [0.29, 0.717) is 38.3 Å². The number of benzene rings is 2. The van der Waals surface area contributed by atoms with Crippen LogP contribution in [0.15, 0.2) is 60.8 Å². The van der Waals surface area contributed by atoms with E-state index in [4.69, 9.17) is 4.74 Å². The lowest BCUT2D eigenvalue weighted by molar-refractivity contribution is -0.121. The average Bonchev–Trinajstić information content (AvgIpc) is 2.92. The first-order valence-corrected chi connectivity index (χ1v) is 13.0. The van der Waals surface area contributed by atoms with Gasteiger partial charge >= 0.3 is 0 Å². The Hall–Kier alpha value is -3.24. The predicted octanol–water partition coefficient (Wildman–Crippen LogP) is 5.21. The van der Waals surface area contributed by atoms with Crippen molar-refractivity contribution in [2.45, 2.75) is 52.2 Å². The molecule has 0 aliphatic carbocycles. The Morgan fingerprint density at radius 3 is 2.41 bits per heavy atom. The molecule has 0 bridgehead atoms. The standard InChI is InChI=1S/C29H31FN2O3.C2H6/c1-3-29(34)14-15-32(20-28(29)33)16-17-35-25-11-6-22(7-12-25)8-13-27-26(30)18-24(19-31-27)23-9-4-21(2)5-10-23;1-2/h4-7,9-12,18-19,28,33-34H,3,14-17,20H2,1-2H3;1-2H3/t28-,29+;/m1./s1. The van der Waals surface area contributed by atoms with Crippen LogP contribution in [0.3, 0.4) is 0 Å². The van der Waals surface area contributed by atoms with Crippen LogP contribution in [-0.2, 0) is 0 Å². The number of aromatic nitrogens is 1. The second-order valence-electron chi connectivity index (χ2n) is 9.07. The summed E-state index contributed by atoms with van der Waals surface area (Å²) in [5.41, 5.74) is 2.65. The van der Waals surface area contributed by atoms with E-state index < -0.39 is 17.5 Å². The van der Waals surface area contributed by atoms with Crippen LogP contribution in [0.5, 0.6) is 5.75 Å². The fourth-order valence-corrected chi connectivity index (χ4v) is 4.13. The number of β-amino-alcohol motifs (C(OH)–C–C–N with tert-alkyl or cyclic N) is 1. The molecule has 6 heteroatoms. The maximum Gasteiger partial charge on any atom is 0.158 e. The third-order valence-corrected chi connectivity index (χ3v) is 6.61. The highest BCUT2D eigenvalue weighted by Crippen LogP contribution is 2.26. The molecular formula is C31H37FN2O3. The van der Waals surface area contributed by atoms with Crippen LogP contribution in [0.4, 0.5) is 4.39 Å². The van der Waals surface area contributed by atoms with E-state index in [1.807, 2.05) is 76.2 Å². The van der Waals surface area contributed by atoms with Gasteiger partial charge in [0.2, 0.25) is 0 Å². The highest BCUT2D eigenvalue weighted by atomic mass is 19.1. The molecule has 0 saturated carbocycles. The van der Waals surface area contributed by atoms with Gasteiger partial charge in [0.25, 0.3) is 0 Å². The van der Waals surface area contributed by atoms with Crippen molar-refractivity contribution in [1.82, 2.24) is 9.88 Å². The lowest BCUT2D eigenvalue weighted by Crippen LogP contribution is -2.55. The van der Waals surface area contributed by atoms with Gasteiger partial charge < -0.3 is 14.9 Å². The number of aliphatic hydroxyl groups excluding tert-OH is 1. The Kier molecular flexibility index (Phi) is 10.2. The van der Waals surface area contributed by atoms with Crippen molar-refractivity contribution in [3.05, 3.63) is 83.4 Å². The quantitative estimate of drug-likeness (QED) is 0.451. The van der Waals surface area contributed by atoms with Crippen LogP contribution in [-0.4, -0.2) is 58.0 Å². The molecule has 1 fully saturated rings. The SMILES string of the molecule is CC.CC[C@]1(O)CCN(CCOc2ccc(C#Cc3ncc(-c4ccc(C)cc4)cc3F)cc2)C[C@H]1O. The van der Waals surface area contributed by atoms with Gasteiger partial charge in [-0.15, -0.1) is 0 Å². The van der Waals surface area contributed by atoms with Crippen LogP contribution >= 0.6 is 0 Å². The monoisotopic (exact) mass is 504 g/mol. The molecule has 1 aliphatic rings. The fourth-order valence-electron chi connectivity index (χ4n) is 4.13. The van der Waals surface area contributed by atoms with Gasteiger partial charge in [-0.2, -0.15) is 0 Å². The Morgan fingerprint density at radius 1 is 1.08 bits per heavy atom. The average molecular weight is 505 g/mol. The predicted molar refractivity (Wildman–Crippen MR) is 146 cm³/mol. The third-order valence-electron chi connectivity index (χ3n) is 6.61. The zero-order chi connectivity index (χ0) is 26.8. The van der Waals surface area contributed by atoms with Crippen LogP contribution < -0.4 is 4.74 Å². The first kappa shape index (κ1) is 28.3. The van der Waals surface area contributed by atoms with E-state index in [-0.39, 0.29) is 5.69 Å². The molecule has 0 spiro atoms. The minimum absolute atomic E-state index is 0.111. The molecule has 1 saturated heterocycles. The van der Waals surface area contributed by atoms with E-state index in [0.717, 1.165) is 28.8 Å². The fraction of sp³-hybridized carbons (Fsp3) is 0.387. The van der Waals surface area contributed by atoms with Crippen molar-refractivity contribution >= 4 is 0 Å². The van der Waals surface area contributed by atoms with E-state index in [1.54, 1.807) is 6.20 Å². The molecule has 2 heterocycles. The van der Waals surface area contributed by atoms with Gasteiger partial charge in [-0.1, -0.05) is 56.5 Å². The lowest BCUT2D eigenvalue weighted by Gasteiger charge is -2.41. The van der Waals surface area contributed by atoms with Crippen LogP contribution in [0.1, 0.15) is 50.4 Å². The number of hydrogen-bond donors (Lipinski definition) is 2. The largest absolute Gasteiger partial charge is 0.492 e. The number of pyridine rings is 1. The second-order valence-corrected chi connectivity index (χ2v) is 9.07. The topological polar surface area (TPSA) is 65.8 Å². The molecule has 2 atom stereocenters. The molecule has 3 aromatic rings. The van der Waals surface area contributed by atoms with Gasteiger partial charge in [0.15, 0.2) is 5.82 Å². The van der Waals surface area contributed by atoms with Crippen molar-refractivity contribution in [2.75, 3.05) is 26.2 Å². The molecular weight excluding hydrogens is 467 g/mol. The Balaban J connectivity index is 0.00000186. The van der Waals surface area contributed by atoms with Crippen molar-refractivity contribution in [3.63, 3.8) is 0 Å². The summed E-state index contributed by atoms with van der Waals surface area (Å²) < 4.78 is 20.4. The van der Waals surface area contributed by atoms with Gasteiger partial charge in [-0.3, -0.25) is 4.90 Å². The van der Waals surface area contributed by atoms with Gasteiger partial charge in [-0.25, -0.2) is 9.37 Å². The van der Waals surface area contributed by atoms with E-state index in [2.05, 4.69) is 21.7 Å². The summed E-state index contributed by atoms with van der Waals surface area (Å²) in [6, 6.07) is 16.6. The van der Waals surface area contributed by atoms with Crippen molar-refractivity contribution in [3.8, 4) is 28.7 Å². The first-order valence-electron chi connectivity index (χ1n) is 13.0. The number of hydrogen-bond acceptors (Lipinski definition) is 5. The number of aryl methyl sites for hydroxylation is 1. The van der Waals surface area contributed by atoms with Crippen molar-refractivity contribution in [2.24, 2.45) is 0 Å². The summed E-state index contributed by atoms with van der Waals surface area (Å²) in [4.78, 5) is 6.30. The van der Waals surface area contributed by atoms with E-state index in [1.165, 1.54) is 6.07 Å². The number of likely N-dealkylation sites (tertiary alicyclic amines) is 1. The van der Waals surface area contributed by atoms with Crippen molar-refractivity contribution in [1.29, 1.82) is 0 Å². The maximum atomic E-state index is 14.5. The molecule has 5 nitrogen and oxygen atoms in total. The summed E-state index contributed by atoms with van der Waals surface area (Å²) >= 11 is 0. The Morgan fingerprint density at radius 2 is 1.78 bits per heavy atom. The number of halogens is 1. The number of piperidine rings is 1. The third kappa shape index (κ3) is 7.62. The first-order chi connectivity index (χ1) is 17.9. The van der Waals surface area contributed by atoms with Crippen LogP contribution in [0.2, 0.25) is 0 Å². The molecule has 0 radical (unpaired) electrons. The van der Waals surface area contributed by atoms with Gasteiger partial charge in [0.05, 0.1) is 11.7 Å².